The molecule has 0 fully saturated rings. The van der Waals surface area contributed by atoms with E-state index in [9.17, 15) is 0 Å². The fraction of sp³-hybridized carbons (Fsp3) is 0.500. The van der Waals surface area contributed by atoms with E-state index in [0.717, 1.165) is 4.48 Å². The van der Waals surface area contributed by atoms with Crippen molar-refractivity contribution in [3.05, 3.63) is 10.6 Å². The van der Waals surface area contributed by atoms with Crippen molar-refractivity contribution in [2.45, 2.75) is 10.6 Å². The smallest absolute Gasteiger partial charge is 0.197 e. The number of alkyl halides is 2. The van der Waals surface area contributed by atoms with Gasteiger partial charge in [-0.3, -0.25) is 4.99 Å². The highest BCUT2D eigenvalue weighted by molar-refractivity contribution is 9.12. The third-order valence-electron chi connectivity index (χ3n) is 1.30. The highest BCUT2D eigenvalue weighted by Gasteiger charge is 2.35. The van der Waals surface area contributed by atoms with E-state index < -0.39 is 10.6 Å². The summed E-state index contributed by atoms with van der Waals surface area (Å²) < 4.78 is 5.74. The van der Waals surface area contributed by atoms with Crippen molar-refractivity contribution < 1.29 is 4.74 Å². The van der Waals surface area contributed by atoms with Gasteiger partial charge in [-0.25, -0.2) is 0 Å². The SMILES string of the molecule is COC1(Cl)C=C(Br)C=NC1Cl. The Bertz CT molecular complexity index is 219. The predicted molar refractivity (Wildman–Crippen MR) is 50.7 cm³/mol. The maximum absolute atomic E-state index is 5.93. The second kappa shape index (κ2) is 3.44. The molecule has 2 unspecified atom stereocenters. The van der Waals surface area contributed by atoms with Crippen molar-refractivity contribution in [2.24, 2.45) is 4.99 Å². The average molecular weight is 259 g/mol. The zero-order chi connectivity index (χ0) is 8.48. The number of nitrogens with zero attached hydrogens (tertiary/aromatic N) is 1. The predicted octanol–water partition coefficient (Wildman–Crippen LogP) is 2.50. The van der Waals surface area contributed by atoms with Crippen molar-refractivity contribution >= 4 is 45.3 Å². The molecule has 1 aliphatic heterocycles. The summed E-state index contributed by atoms with van der Waals surface area (Å²) in [6.45, 7) is 0. The molecule has 0 N–H and O–H groups in total. The van der Waals surface area contributed by atoms with Gasteiger partial charge in [0.25, 0.3) is 0 Å². The maximum atomic E-state index is 5.93. The molecule has 0 amide bonds. The van der Waals surface area contributed by atoms with E-state index in [1.54, 1.807) is 12.3 Å². The quantitative estimate of drug-likeness (QED) is 0.523. The van der Waals surface area contributed by atoms with Crippen LogP contribution in [0.2, 0.25) is 0 Å². The number of ether oxygens (including phenoxy) is 1. The van der Waals surface area contributed by atoms with Gasteiger partial charge in [0.1, 0.15) is 0 Å². The second-order valence-corrected chi connectivity index (χ2v) is 3.96. The molecular weight excluding hydrogens is 253 g/mol. The van der Waals surface area contributed by atoms with E-state index >= 15 is 0 Å². The molecule has 0 spiro atoms. The van der Waals surface area contributed by atoms with Crippen LogP contribution >= 0.6 is 39.1 Å². The maximum Gasteiger partial charge on any atom is 0.197 e. The molecule has 0 saturated heterocycles. The van der Waals surface area contributed by atoms with Gasteiger partial charge in [-0.2, -0.15) is 0 Å². The van der Waals surface area contributed by atoms with E-state index in [4.69, 9.17) is 27.9 Å². The molecule has 2 atom stereocenters. The fourth-order valence-corrected chi connectivity index (χ4v) is 1.66. The van der Waals surface area contributed by atoms with Crippen molar-refractivity contribution in [2.75, 3.05) is 7.11 Å². The van der Waals surface area contributed by atoms with Crippen LogP contribution in [0.1, 0.15) is 0 Å². The minimum absolute atomic E-state index is 0.574. The molecule has 0 radical (unpaired) electrons. The van der Waals surface area contributed by atoms with Crippen molar-refractivity contribution in [3.63, 3.8) is 0 Å². The van der Waals surface area contributed by atoms with Gasteiger partial charge in [-0.15, -0.1) is 0 Å². The average Bonchev–Trinajstić information content (AvgIpc) is 1.98. The van der Waals surface area contributed by atoms with Gasteiger partial charge < -0.3 is 4.74 Å². The molecule has 0 aromatic heterocycles. The molecule has 1 aliphatic rings. The summed E-state index contributed by atoms with van der Waals surface area (Å²) in [5.41, 5.74) is -0.574. The molecule has 11 heavy (non-hydrogen) atoms. The van der Waals surface area contributed by atoms with Crippen LogP contribution in [0.25, 0.3) is 0 Å². The first-order valence-corrected chi connectivity index (χ1v) is 4.49. The number of rotatable bonds is 1. The van der Waals surface area contributed by atoms with Crippen LogP contribution in [0.5, 0.6) is 0 Å². The number of allylic oxidation sites excluding steroid dienone is 1. The van der Waals surface area contributed by atoms with Crippen LogP contribution < -0.4 is 0 Å². The number of hydrogen-bond donors (Lipinski definition) is 0. The number of methoxy groups -OCH3 is 1. The van der Waals surface area contributed by atoms with Crippen molar-refractivity contribution in [3.8, 4) is 0 Å². The van der Waals surface area contributed by atoms with E-state index in [2.05, 4.69) is 20.9 Å². The molecule has 1 heterocycles. The lowest BCUT2D eigenvalue weighted by Crippen LogP contribution is -2.34. The van der Waals surface area contributed by atoms with Gasteiger partial charge in [-0.05, 0) is 22.0 Å². The normalized spacial score (nSPS) is 37.1. The highest BCUT2D eigenvalue weighted by atomic mass is 79.9. The summed E-state index contributed by atoms with van der Waals surface area (Å²) in [6, 6.07) is 0. The standard InChI is InChI=1S/C6H6BrCl2NO/c1-11-6(9)2-4(7)3-10-5(6)8/h2-3,5H,1H3. The number of aliphatic imine (C=N–C) groups is 1. The van der Waals surface area contributed by atoms with Crippen LogP contribution in [-0.4, -0.2) is 23.9 Å². The van der Waals surface area contributed by atoms with Crippen LogP contribution in [0, 0.1) is 0 Å². The summed E-state index contributed by atoms with van der Waals surface area (Å²) >= 11 is 14.9. The van der Waals surface area contributed by atoms with Crippen LogP contribution in [0.15, 0.2) is 15.6 Å². The van der Waals surface area contributed by atoms with Crippen molar-refractivity contribution in [1.29, 1.82) is 0 Å². The van der Waals surface area contributed by atoms with Crippen LogP contribution in [0.3, 0.4) is 0 Å². The Morgan fingerprint density at radius 3 is 2.91 bits per heavy atom. The molecule has 0 bridgehead atoms. The third kappa shape index (κ3) is 1.96. The summed E-state index contributed by atoms with van der Waals surface area (Å²) in [6.07, 6.45) is 3.26. The lowest BCUT2D eigenvalue weighted by molar-refractivity contribution is 0.101. The van der Waals surface area contributed by atoms with Gasteiger partial charge >= 0.3 is 0 Å². The lowest BCUT2D eigenvalue weighted by Gasteiger charge is -2.26. The van der Waals surface area contributed by atoms with E-state index in [1.165, 1.54) is 7.11 Å². The Balaban J connectivity index is 2.89. The van der Waals surface area contributed by atoms with E-state index in [-0.39, 0.29) is 0 Å². The zero-order valence-electron chi connectivity index (χ0n) is 5.72. The fourth-order valence-electron chi connectivity index (χ4n) is 0.689. The minimum atomic E-state index is -1.02. The van der Waals surface area contributed by atoms with Crippen LogP contribution in [0.4, 0.5) is 0 Å². The molecule has 0 aromatic rings. The molecule has 0 saturated carbocycles. The van der Waals surface area contributed by atoms with E-state index in [1.807, 2.05) is 0 Å². The summed E-state index contributed by atoms with van der Waals surface area (Å²) in [5, 5.41) is -1.02. The highest BCUT2D eigenvalue weighted by Crippen LogP contribution is 2.32. The first kappa shape index (κ1) is 9.52. The number of halogens is 3. The van der Waals surface area contributed by atoms with Gasteiger partial charge in [0.15, 0.2) is 10.6 Å². The molecular formula is C6H6BrCl2NO. The largest absolute Gasteiger partial charge is 0.356 e. The summed E-state index contributed by atoms with van der Waals surface area (Å²) in [5.74, 6) is 0. The van der Waals surface area contributed by atoms with Gasteiger partial charge in [0.05, 0.1) is 0 Å². The molecule has 5 heteroatoms. The Kier molecular flexibility index (Phi) is 2.97. The lowest BCUT2D eigenvalue weighted by atomic mass is 10.2. The van der Waals surface area contributed by atoms with Gasteiger partial charge in [0.2, 0.25) is 0 Å². The molecule has 1 rings (SSSR count). The second-order valence-electron chi connectivity index (χ2n) is 2.05. The first-order valence-electron chi connectivity index (χ1n) is 2.88. The Morgan fingerprint density at radius 2 is 2.45 bits per heavy atom. The third-order valence-corrected chi connectivity index (χ3v) is 2.75. The molecule has 62 valence electrons. The molecule has 0 aromatic carbocycles. The zero-order valence-corrected chi connectivity index (χ0v) is 8.82. The Hall–Kier alpha value is 0.430. The minimum Gasteiger partial charge on any atom is -0.356 e. The number of hydrogen-bond acceptors (Lipinski definition) is 2. The molecule has 2 nitrogen and oxygen atoms in total. The van der Waals surface area contributed by atoms with Gasteiger partial charge in [0, 0.05) is 17.8 Å². The monoisotopic (exact) mass is 257 g/mol. The van der Waals surface area contributed by atoms with Crippen LogP contribution in [-0.2, 0) is 4.74 Å². The number of dihydropyridines is 1. The Morgan fingerprint density at radius 1 is 1.82 bits per heavy atom. The summed E-state index contributed by atoms with van der Waals surface area (Å²) in [7, 11) is 1.49. The van der Waals surface area contributed by atoms with Crippen molar-refractivity contribution in [1.82, 2.24) is 0 Å². The van der Waals surface area contributed by atoms with Gasteiger partial charge in [-0.1, -0.05) is 23.2 Å². The summed E-state index contributed by atoms with van der Waals surface area (Å²) in [4.78, 5) is 3.90. The first-order chi connectivity index (χ1) is 5.08. The Labute approximate surface area is 83.4 Å². The molecule has 0 aliphatic carbocycles. The topological polar surface area (TPSA) is 21.6 Å². The van der Waals surface area contributed by atoms with E-state index in [0.29, 0.717) is 0 Å².